The van der Waals surface area contributed by atoms with Crippen LogP contribution in [0.4, 0.5) is 18.9 Å². The molecule has 3 fully saturated rings. The van der Waals surface area contributed by atoms with Crippen molar-refractivity contribution >= 4 is 50.0 Å². The van der Waals surface area contributed by atoms with Crippen molar-refractivity contribution in [2.24, 2.45) is 10.9 Å². The van der Waals surface area contributed by atoms with E-state index in [1.54, 1.807) is 0 Å². The third-order valence-corrected chi connectivity index (χ3v) is 9.59. The van der Waals surface area contributed by atoms with E-state index >= 15 is 0 Å². The quantitative estimate of drug-likeness (QED) is 0.593. The molecule has 0 N–H and O–H groups in total. The molecule has 1 aromatic carbocycles. The number of benzene rings is 1. The summed E-state index contributed by atoms with van der Waals surface area (Å²) >= 11 is 7.36. The predicted molar refractivity (Wildman–Crippen MR) is 116 cm³/mol. The Labute approximate surface area is 188 Å². The van der Waals surface area contributed by atoms with Gasteiger partial charge in [-0.25, -0.2) is 8.42 Å². The molecule has 1 saturated carbocycles. The van der Waals surface area contributed by atoms with Crippen molar-refractivity contribution < 1.29 is 26.4 Å². The van der Waals surface area contributed by atoms with Crippen LogP contribution in [0.2, 0.25) is 5.02 Å². The average molecular weight is 495 g/mol. The minimum Gasteiger partial charge on any atom is -0.314 e. The molecule has 4 rings (SSSR count). The molecule has 11 heteroatoms. The van der Waals surface area contributed by atoms with E-state index < -0.39 is 32.9 Å². The van der Waals surface area contributed by atoms with Crippen LogP contribution >= 0.6 is 23.4 Å². The summed E-state index contributed by atoms with van der Waals surface area (Å²) in [5, 5.41) is -0.135. The lowest BCUT2D eigenvalue weighted by atomic mass is 10.0. The first-order valence-electron chi connectivity index (χ1n) is 10.2. The van der Waals surface area contributed by atoms with Gasteiger partial charge in [-0.3, -0.25) is 4.79 Å². The zero-order valence-electron chi connectivity index (χ0n) is 16.6. The maximum absolute atomic E-state index is 13.3. The van der Waals surface area contributed by atoms with Gasteiger partial charge in [0.25, 0.3) is 0 Å². The highest BCUT2D eigenvalue weighted by molar-refractivity contribution is 8.16. The van der Waals surface area contributed by atoms with Crippen molar-refractivity contribution in [2.75, 3.05) is 16.4 Å². The van der Waals surface area contributed by atoms with E-state index in [4.69, 9.17) is 11.6 Å². The summed E-state index contributed by atoms with van der Waals surface area (Å²) in [6.07, 6.45) is 0.977. The first kappa shape index (κ1) is 22.9. The highest BCUT2D eigenvalue weighted by Crippen LogP contribution is 2.44. The first-order valence-corrected chi connectivity index (χ1v) is 13.3. The van der Waals surface area contributed by atoms with Crippen LogP contribution in [0, 0.1) is 5.92 Å². The lowest BCUT2D eigenvalue weighted by molar-refractivity contribution is -0.137. The van der Waals surface area contributed by atoms with E-state index in [-0.39, 0.29) is 39.7 Å². The molecule has 5 nitrogen and oxygen atoms in total. The van der Waals surface area contributed by atoms with E-state index in [2.05, 4.69) is 4.99 Å². The van der Waals surface area contributed by atoms with Gasteiger partial charge in [0.15, 0.2) is 15.0 Å². The van der Waals surface area contributed by atoms with Crippen molar-refractivity contribution in [3.8, 4) is 0 Å². The fourth-order valence-corrected chi connectivity index (χ4v) is 8.64. The molecule has 1 aromatic rings. The number of fused-ring (bicyclic) bond motifs is 1. The van der Waals surface area contributed by atoms with Gasteiger partial charge in [-0.05, 0) is 30.5 Å². The Morgan fingerprint density at radius 2 is 1.94 bits per heavy atom. The highest BCUT2D eigenvalue weighted by Gasteiger charge is 2.50. The number of hydrogen-bond donors (Lipinski definition) is 0. The summed E-state index contributed by atoms with van der Waals surface area (Å²) in [6.45, 7) is 0. The summed E-state index contributed by atoms with van der Waals surface area (Å²) in [7, 11) is -3.34. The van der Waals surface area contributed by atoms with Crippen LogP contribution in [0.3, 0.4) is 0 Å². The second kappa shape index (κ2) is 8.59. The number of carbonyl (C=O) groups excluding carboxylic acids is 1. The number of halogens is 4. The Balaban J connectivity index is 1.65. The lowest BCUT2D eigenvalue weighted by Crippen LogP contribution is -2.38. The summed E-state index contributed by atoms with van der Waals surface area (Å²) in [6, 6.07) is 2.30. The van der Waals surface area contributed by atoms with Gasteiger partial charge in [0.05, 0.1) is 33.8 Å². The first-order chi connectivity index (χ1) is 14.5. The van der Waals surface area contributed by atoms with Crippen LogP contribution in [0.5, 0.6) is 0 Å². The van der Waals surface area contributed by atoms with E-state index in [1.165, 1.54) is 17.7 Å². The molecule has 2 atom stereocenters. The van der Waals surface area contributed by atoms with Crippen LogP contribution in [-0.4, -0.2) is 42.3 Å². The third kappa shape index (κ3) is 5.06. The van der Waals surface area contributed by atoms with Gasteiger partial charge in [0, 0.05) is 11.7 Å². The molecular formula is C20H22ClF3N2O3S2. The van der Waals surface area contributed by atoms with Crippen LogP contribution < -0.4 is 4.90 Å². The fraction of sp³-hybridized carbons (Fsp3) is 0.600. The van der Waals surface area contributed by atoms with E-state index in [0.717, 1.165) is 49.2 Å². The second-order valence-corrected chi connectivity index (χ2v) is 12.1. The molecule has 0 spiro atoms. The Morgan fingerprint density at radius 1 is 1.23 bits per heavy atom. The number of hydrogen-bond acceptors (Lipinski definition) is 4. The predicted octanol–water partition coefficient (Wildman–Crippen LogP) is 4.93. The number of rotatable bonds is 4. The molecule has 2 unspecified atom stereocenters. The fourth-order valence-electron chi connectivity index (χ4n) is 4.51. The molecule has 3 aliphatic rings. The molecule has 0 bridgehead atoms. The third-order valence-electron chi connectivity index (χ3n) is 6.06. The SMILES string of the molecule is O=C(CCC1CCCC1)N=C1SC2CS(=O)(=O)CC2N1c1cc(C(F)(F)F)ccc1Cl. The topological polar surface area (TPSA) is 66.8 Å². The summed E-state index contributed by atoms with van der Waals surface area (Å²) < 4.78 is 64.2. The standard InChI is InChI=1S/C20H22ClF3N2O3S2/c21-14-7-6-13(20(22,23)24)9-15(14)26-16-10-31(28,29)11-17(16)30-19(26)25-18(27)8-5-12-3-1-2-4-12/h6-7,9,12,16-17H,1-5,8,10-11H2. The van der Waals surface area contributed by atoms with E-state index in [1.807, 2.05) is 0 Å². The maximum atomic E-state index is 13.3. The molecule has 2 saturated heterocycles. The zero-order valence-corrected chi connectivity index (χ0v) is 19.0. The Hall–Kier alpha value is -1.26. The van der Waals surface area contributed by atoms with Gasteiger partial charge in [-0.1, -0.05) is 49.0 Å². The number of anilines is 1. The number of aliphatic imine (C=N–C) groups is 1. The van der Waals surface area contributed by atoms with Crippen molar-refractivity contribution in [3.05, 3.63) is 28.8 Å². The minimum absolute atomic E-state index is 0.0240. The lowest BCUT2D eigenvalue weighted by Gasteiger charge is -2.26. The van der Waals surface area contributed by atoms with Crippen molar-refractivity contribution in [1.29, 1.82) is 0 Å². The number of thioether (sulfide) groups is 1. The van der Waals surface area contributed by atoms with Gasteiger partial charge in [-0.2, -0.15) is 18.2 Å². The van der Waals surface area contributed by atoms with E-state index in [9.17, 15) is 26.4 Å². The number of sulfone groups is 1. The van der Waals surface area contributed by atoms with Gasteiger partial charge in [0.2, 0.25) is 5.91 Å². The van der Waals surface area contributed by atoms with Gasteiger partial charge >= 0.3 is 6.18 Å². The van der Waals surface area contributed by atoms with Crippen LogP contribution in [0.25, 0.3) is 0 Å². The smallest absolute Gasteiger partial charge is 0.314 e. The van der Waals surface area contributed by atoms with Crippen LogP contribution in [0.15, 0.2) is 23.2 Å². The normalized spacial score (nSPS) is 27.2. The van der Waals surface area contributed by atoms with Crippen molar-refractivity contribution in [3.63, 3.8) is 0 Å². The number of alkyl halides is 3. The number of carbonyl (C=O) groups is 1. The highest BCUT2D eigenvalue weighted by atomic mass is 35.5. The molecule has 1 amide bonds. The molecule has 1 aliphatic carbocycles. The summed E-state index contributed by atoms with van der Waals surface area (Å²) in [4.78, 5) is 18.1. The number of amides is 1. The molecule has 0 aromatic heterocycles. The molecular weight excluding hydrogens is 473 g/mol. The van der Waals surface area contributed by atoms with Crippen molar-refractivity contribution in [1.82, 2.24) is 0 Å². The largest absolute Gasteiger partial charge is 0.416 e. The van der Waals surface area contributed by atoms with Crippen LogP contribution in [-0.2, 0) is 20.8 Å². The van der Waals surface area contributed by atoms with Crippen LogP contribution in [0.1, 0.15) is 44.1 Å². The zero-order chi connectivity index (χ0) is 22.4. The van der Waals surface area contributed by atoms with Gasteiger partial charge in [-0.15, -0.1) is 0 Å². The van der Waals surface area contributed by atoms with Gasteiger partial charge in [0.1, 0.15) is 0 Å². The number of amidine groups is 1. The Bertz CT molecular complexity index is 1010. The number of nitrogens with zero attached hydrogens (tertiary/aromatic N) is 2. The summed E-state index contributed by atoms with van der Waals surface area (Å²) in [5.41, 5.74) is -0.871. The Kier molecular flexibility index (Phi) is 6.35. The summed E-state index contributed by atoms with van der Waals surface area (Å²) in [5.74, 6) is -0.152. The van der Waals surface area contributed by atoms with Gasteiger partial charge < -0.3 is 4.90 Å². The monoisotopic (exact) mass is 494 g/mol. The Morgan fingerprint density at radius 3 is 2.61 bits per heavy atom. The molecule has 2 aliphatic heterocycles. The van der Waals surface area contributed by atoms with Crippen molar-refractivity contribution in [2.45, 2.75) is 56.0 Å². The molecule has 0 radical (unpaired) electrons. The second-order valence-electron chi connectivity index (χ2n) is 8.31. The maximum Gasteiger partial charge on any atom is 0.416 e. The molecule has 170 valence electrons. The minimum atomic E-state index is -4.58. The van der Waals surface area contributed by atoms with E-state index in [0.29, 0.717) is 5.92 Å². The molecule has 31 heavy (non-hydrogen) atoms. The average Bonchev–Trinajstić information content (AvgIpc) is 3.34. The molecule has 2 heterocycles.